The summed E-state index contributed by atoms with van der Waals surface area (Å²) in [4.78, 5) is 38.0. The van der Waals surface area contributed by atoms with Gasteiger partial charge in [-0.2, -0.15) is 0 Å². The van der Waals surface area contributed by atoms with Crippen LogP contribution in [0.5, 0.6) is 5.75 Å². The monoisotopic (exact) mass is 644 g/mol. The average Bonchev–Trinajstić information content (AvgIpc) is 3.22. The van der Waals surface area contributed by atoms with Crippen molar-refractivity contribution in [3.05, 3.63) is 41.0 Å². The van der Waals surface area contributed by atoms with Gasteiger partial charge in [0.25, 0.3) is 0 Å². The highest BCUT2D eigenvalue weighted by molar-refractivity contribution is 5.68. The molecule has 1 aromatic carbocycles. The van der Waals surface area contributed by atoms with E-state index in [1.165, 1.54) is 20.8 Å². The number of aliphatic hydroxyl groups is 2. The fourth-order valence-electron chi connectivity index (χ4n) is 9.32. The molecule has 0 spiro atoms. The second-order valence-electron chi connectivity index (χ2n) is 14.1. The van der Waals surface area contributed by atoms with Gasteiger partial charge in [0.1, 0.15) is 24.1 Å². The summed E-state index contributed by atoms with van der Waals surface area (Å²) in [5, 5.41) is 25.1. The molecule has 3 aliphatic carbocycles. The third kappa shape index (κ3) is 4.55. The van der Waals surface area contributed by atoms with E-state index in [0.29, 0.717) is 28.9 Å². The molecule has 12 nitrogen and oxygen atoms in total. The minimum atomic E-state index is -1.67. The van der Waals surface area contributed by atoms with Gasteiger partial charge < -0.3 is 43.4 Å². The van der Waals surface area contributed by atoms with Crippen molar-refractivity contribution in [2.75, 3.05) is 13.7 Å². The van der Waals surface area contributed by atoms with Gasteiger partial charge in [-0.1, -0.05) is 19.1 Å². The predicted octanol–water partition coefficient (Wildman–Crippen LogP) is 2.92. The summed E-state index contributed by atoms with van der Waals surface area (Å²) in [5.74, 6) is -1.99. The number of carbonyl (C=O) groups is 3. The molecule has 11 atom stereocenters. The SMILES string of the molecule is COc1ccc(C2OC3CC4OCC4(OC(C)=O)C4C(O)C5(C(C)(C)O)CC(OC(C)=O)C(C)=C5C(OC(C)=O)C(O2)C34C)cc1. The maximum absolute atomic E-state index is 13.0. The topological polar surface area (TPSA) is 156 Å². The zero-order chi connectivity index (χ0) is 33.6. The lowest BCUT2D eigenvalue weighted by Gasteiger charge is -2.67. The largest absolute Gasteiger partial charge is 0.497 e. The van der Waals surface area contributed by atoms with Crippen molar-refractivity contribution in [3.8, 4) is 5.75 Å². The molecule has 12 heteroatoms. The van der Waals surface area contributed by atoms with Crippen LogP contribution in [0.3, 0.4) is 0 Å². The molecule has 11 unspecified atom stereocenters. The van der Waals surface area contributed by atoms with Crippen molar-refractivity contribution in [3.63, 3.8) is 0 Å². The molecule has 0 amide bonds. The van der Waals surface area contributed by atoms with Gasteiger partial charge in [0.15, 0.2) is 18.0 Å². The van der Waals surface area contributed by atoms with E-state index in [1.54, 1.807) is 40.0 Å². The van der Waals surface area contributed by atoms with E-state index in [0.717, 1.165) is 0 Å². The number of hydrogen-bond donors (Lipinski definition) is 2. The molecule has 2 aliphatic heterocycles. The molecular weight excluding hydrogens is 600 g/mol. The van der Waals surface area contributed by atoms with E-state index in [4.69, 9.17) is 33.2 Å². The Morgan fingerprint density at radius 2 is 1.63 bits per heavy atom. The Labute approximate surface area is 268 Å². The molecule has 6 rings (SSSR count). The van der Waals surface area contributed by atoms with Crippen LogP contribution in [0.15, 0.2) is 35.4 Å². The fraction of sp³-hybridized carbons (Fsp3) is 0.676. The first kappa shape index (κ1) is 32.9. The summed E-state index contributed by atoms with van der Waals surface area (Å²) in [6.45, 7) is 10.7. The van der Waals surface area contributed by atoms with Crippen LogP contribution in [0.4, 0.5) is 0 Å². The molecule has 2 heterocycles. The first-order valence-electron chi connectivity index (χ1n) is 15.7. The zero-order valence-electron chi connectivity index (χ0n) is 27.5. The van der Waals surface area contributed by atoms with Crippen LogP contribution in [0.2, 0.25) is 0 Å². The van der Waals surface area contributed by atoms with Gasteiger partial charge in [0, 0.05) is 50.5 Å². The summed E-state index contributed by atoms with van der Waals surface area (Å²) in [6.07, 6.45) is -6.28. The Kier molecular flexibility index (Phi) is 7.88. The molecule has 2 N–H and O–H groups in total. The maximum atomic E-state index is 13.0. The number of rotatable bonds is 6. The van der Waals surface area contributed by atoms with Crippen molar-refractivity contribution < 1.29 is 57.8 Å². The van der Waals surface area contributed by atoms with Crippen LogP contribution in [0.1, 0.15) is 73.2 Å². The van der Waals surface area contributed by atoms with E-state index >= 15 is 0 Å². The zero-order valence-corrected chi connectivity index (χ0v) is 27.5. The van der Waals surface area contributed by atoms with E-state index < -0.39 is 88.8 Å². The van der Waals surface area contributed by atoms with Gasteiger partial charge >= 0.3 is 17.9 Å². The number of methoxy groups -OCH3 is 1. The van der Waals surface area contributed by atoms with Gasteiger partial charge in [0.05, 0.1) is 36.9 Å². The molecular formula is C34H44O12. The highest BCUT2D eigenvalue weighted by atomic mass is 16.7. The Balaban J connectivity index is 1.63. The van der Waals surface area contributed by atoms with Crippen molar-refractivity contribution in [1.82, 2.24) is 0 Å². The highest BCUT2D eigenvalue weighted by Gasteiger charge is 2.80. The van der Waals surface area contributed by atoms with E-state index in [-0.39, 0.29) is 13.0 Å². The van der Waals surface area contributed by atoms with Gasteiger partial charge in [-0.25, -0.2) is 0 Å². The standard InChI is InChI=1S/C34H44O12/c1-16-22(42-17(2)35)14-33(31(5,6)39)25(16)26(43-18(3)36)29-32(7)23(44-30(45-29)20-9-11-21(40-8)12-10-20)13-24-34(15-41-24,46-19(4)37)27(32)28(33)38/h9-12,22-24,26-30,38-39H,13-15H2,1-8H3. The lowest BCUT2D eigenvalue weighted by Crippen LogP contribution is -2.79. The van der Waals surface area contributed by atoms with E-state index in [1.807, 2.05) is 19.1 Å². The van der Waals surface area contributed by atoms with Gasteiger partial charge in [-0.05, 0) is 44.1 Å². The minimum absolute atomic E-state index is 0.00147. The van der Waals surface area contributed by atoms with Crippen LogP contribution >= 0.6 is 0 Å². The number of hydrogen-bond acceptors (Lipinski definition) is 12. The minimum Gasteiger partial charge on any atom is -0.497 e. The Bertz CT molecular complexity index is 1450. The molecule has 1 aromatic rings. The second kappa shape index (κ2) is 11.0. The molecule has 252 valence electrons. The first-order valence-corrected chi connectivity index (χ1v) is 15.7. The lowest BCUT2D eigenvalue weighted by atomic mass is 9.49. The van der Waals surface area contributed by atoms with Gasteiger partial charge in [0.2, 0.25) is 0 Å². The lowest BCUT2D eigenvalue weighted by molar-refractivity contribution is -0.401. The molecule has 5 aliphatic rings. The first-order chi connectivity index (χ1) is 21.5. The molecule has 46 heavy (non-hydrogen) atoms. The maximum Gasteiger partial charge on any atom is 0.303 e. The van der Waals surface area contributed by atoms with Crippen molar-refractivity contribution >= 4 is 17.9 Å². The molecule has 2 saturated heterocycles. The third-order valence-corrected chi connectivity index (χ3v) is 11.2. The third-order valence-electron chi connectivity index (χ3n) is 11.2. The van der Waals surface area contributed by atoms with E-state index in [9.17, 15) is 24.6 Å². The van der Waals surface area contributed by atoms with E-state index in [2.05, 4.69) is 0 Å². The average molecular weight is 645 g/mol. The van der Waals surface area contributed by atoms with Crippen LogP contribution in [-0.4, -0.2) is 89.7 Å². The Morgan fingerprint density at radius 1 is 0.978 bits per heavy atom. The summed E-state index contributed by atoms with van der Waals surface area (Å²) >= 11 is 0. The number of aliphatic hydroxyl groups excluding tert-OH is 1. The molecule has 2 saturated carbocycles. The smallest absolute Gasteiger partial charge is 0.303 e. The molecule has 4 fully saturated rings. The number of esters is 3. The van der Waals surface area contributed by atoms with Crippen LogP contribution in [0.25, 0.3) is 0 Å². The van der Waals surface area contributed by atoms with Crippen LogP contribution in [0, 0.1) is 16.7 Å². The van der Waals surface area contributed by atoms with Gasteiger partial charge in [-0.15, -0.1) is 0 Å². The van der Waals surface area contributed by atoms with Crippen molar-refractivity contribution in [2.24, 2.45) is 16.7 Å². The van der Waals surface area contributed by atoms with Crippen molar-refractivity contribution in [1.29, 1.82) is 0 Å². The summed E-state index contributed by atoms with van der Waals surface area (Å²) in [7, 11) is 1.57. The predicted molar refractivity (Wildman–Crippen MR) is 159 cm³/mol. The van der Waals surface area contributed by atoms with Crippen LogP contribution < -0.4 is 4.74 Å². The molecule has 0 radical (unpaired) electrons. The Hall–Kier alpha value is -3.03. The number of ether oxygens (including phenoxy) is 7. The summed E-state index contributed by atoms with van der Waals surface area (Å²) in [6, 6.07) is 7.21. The molecule has 0 aromatic heterocycles. The van der Waals surface area contributed by atoms with Crippen LogP contribution in [-0.2, 0) is 42.8 Å². The van der Waals surface area contributed by atoms with Gasteiger partial charge in [-0.3, -0.25) is 14.4 Å². The summed E-state index contributed by atoms with van der Waals surface area (Å²) in [5.41, 5.74) is -4.03. The molecule has 0 bridgehead atoms. The Morgan fingerprint density at radius 3 is 2.15 bits per heavy atom. The number of carbonyl (C=O) groups excluding carboxylic acids is 3. The number of fused-ring (bicyclic) bond motifs is 3. The fourth-order valence-corrected chi connectivity index (χ4v) is 9.32. The number of benzene rings is 1. The summed E-state index contributed by atoms with van der Waals surface area (Å²) < 4.78 is 43.0. The quantitative estimate of drug-likeness (QED) is 0.266. The second-order valence-corrected chi connectivity index (χ2v) is 14.1. The van der Waals surface area contributed by atoms with Crippen molar-refractivity contribution in [2.45, 2.75) is 115 Å². The highest BCUT2D eigenvalue weighted by Crippen LogP contribution is 2.69. The normalized spacial score (nSPS) is 41.2.